The normalized spacial score (nSPS) is 15.0. The third kappa shape index (κ3) is 7.29. The molecule has 1 aromatic carbocycles. The third-order valence-electron chi connectivity index (χ3n) is 3.10. The molecule has 0 heterocycles. The van der Waals surface area contributed by atoms with Crippen LogP contribution in [0.15, 0.2) is 24.3 Å². The summed E-state index contributed by atoms with van der Waals surface area (Å²) in [4.78, 5) is 24.2. The molecule has 1 aromatic rings. The maximum absolute atomic E-state index is 12.4. The fraction of sp³-hybridized carbons (Fsp3) is 0.529. The number of aliphatic hydroxyl groups excluding tert-OH is 1. The zero-order valence-electron chi connectivity index (χ0n) is 14.8. The molecule has 0 aromatic heterocycles. The minimum atomic E-state index is -1.29. The zero-order valence-corrected chi connectivity index (χ0v) is 15.5. The SMILES string of the molecule is C[C@@H](O)[C@H](NC(=O)OC(C)(C)C)C(=O)O[C@@H](CN)c1cccc(Cl)c1. The van der Waals surface area contributed by atoms with Crippen molar-refractivity contribution in [1.29, 1.82) is 0 Å². The molecule has 0 fully saturated rings. The molecule has 1 amide bonds. The van der Waals surface area contributed by atoms with Crippen molar-refractivity contribution in [3.05, 3.63) is 34.9 Å². The maximum Gasteiger partial charge on any atom is 0.408 e. The molecule has 0 aliphatic carbocycles. The first-order chi connectivity index (χ1) is 11.5. The lowest BCUT2D eigenvalue weighted by atomic mass is 10.1. The average molecular weight is 373 g/mol. The van der Waals surface area contributed by atoms with Gasteiger partial charge in [0.05, 0.1) is 6.10 Å². The van der Waals surface area contributed by atoms with Crippen LogP contribution in [0, 0.1) is 0 Å². The van der Waals surface area contributed by atoms with Crippen LogP contribution in [0.4, 0.5) is 4.79 Å². The fourth-order valence-corrected chi connectivity index (χ4v) is 2.18. The van der Waals surface area contributed by atoms with Gasteiger partial charge in [0.1, 0.15) is 11.7 Å². The van der Waals surface area contributed by atoms with Gasteiger partial charge < -0.3 is 25.6 Å². The standard InChI is InChI=1S/C17H25ClN2O5/c1-10(21)14(20-16(23)25-17(2,3)4)15(22)24-13(9-19)11-6-5-7-12(18)8-11/h5-8,10,13-14,21H,9,19H2,1-4H3,(H,20,23)/t10-,13+,14+/m1/s1. The molecule has 0 aliphatic rings. The van der Waals surface area contributed by atoms with E-state index in [2.05, 4.69) is 5.32 Å². The molecule has 8 heteroatoms. The second kappa shape index (κ2) is 9.03. The van der Waals surface area contributed by atoms with E-state index in [0.29, 0.717) is 10.6 Å². The summed E-state index contributed by atoms with van der Waals surface area (Å²) in [5.41, 5.74) is 5.55. The first kappa shape index (κ1) is 21.2. The van der Waals surface area contributed by atoms with E-state index in [0.717, 1.165) is 0 Å². The van der Waals surface area contributed by atoms with Gasteiger partial charge in [0, 0.05) is 11.6 Å². The average Bonchev–Trinajstić information content (AvgIpc) is 2.48. The molecule has 0 saturated heterocycles. The van der Waals surface area contributed by atoms with Gasteiger partial charge in [-0.2, -0.15) is 0 Å². The number of benzene rings is 1. The molecule has 0 aliphatic heterocycles. The van der Waals surface area contributed by atoms with Gasteiger partial charge in [0.2, 0.25) is 0 Å². The molecule has 1 rings (SSSR count). The Balaban J connectivity index is 2.83. The van der Waals surface area contributed by atoms with E-state index >= 15 is 0 Å². The van der Waals surface area contributed by atoms with Crippen molar-refractivity contribution in [3.63, 3.8) is 0 Å². The summed E-state index contributed by atoms with van der Waals surface area (Å²) < 4.78 is 10.4. The minimum Gasteiger partial charge on any atom is -0.455 e. The highest BCUT2D eigenvalue weighted by Crippen LogP contribution is 2.21. The smallest absolute Gasteiger partial charge is 0.408 e. The lowest BCUT2D eigenvalue weighted by Crippen LogP contribution is -2.50. The van der Waals surface area contributed by atoms with E-state index in [-0.39, 0.29) is 6.54 Å². The molecular weight excluding hydrogens is 348 g/mol. The first-order valence-corrected chi connectivity index (χ1v) is 8.25. The molecule has 7 nitrogen and oxygen atoms in total. The van der Waals surface area contributed by atoms with Crippen LogP contribution in [0.1, 0.15) is 39.4 Å². The summed E-state index contributed by atoms with van der Waals surface area (Å²) in [6.45, 7) is 6.44. The highest BCUT2D eigenvalue weighted by molar-refractivity contribution is 6.30. The number of amides is 1. The van der Waals surface area contributed by atoms with Gasteiger partial charge in [0.25, 0.3) is 0 Å². The summed E-state index contributed by atoms with van der Waals surface area (Å²) in [6.07, 6.45) is -2.77. The number of carbonyl (C=O) groups is 2. The van der Waals surface area contributed by atoms with Gasteiger partial charge in [-0.3, -0.25) is 0 Å². The second-order valence-electron chi connectivity index (χ2n) is 6.58. The maximum atomic E-state index is 12.4. The highest BCUT2D eigenvalue weighted by atomic mass is 35.5. The predicted molar refractivity (Wildman–Crippen MR) is 94.2 cm³/mol. The largest absolute Gasteiger partial charge is 0.455 e. The summed E-state index contributed by atoms with van der Waals surface area (Å²) in [5.74, 6) is -0.823. The lowest BCUT2D eigenvalue weighted by Gasteiger charge is -2.26. The third-order valence-corrected chi connectivity index (χ3v) is 3.34. The second-order valence-corrected chi connectivity index (χ2v) is 7.02. The summed E-state index contributed by atoms with van der Waals surface area (Å²) in [7, 11) is 0. The molecule has 0 saturated carbocycles. The predicted octanol–water partition coefficient (Wildman–Crippen LogP) is 2.16. The molecule has 0 bridgehead atoms. The molecular formula is C17H25ClN2O5. The van der Waals surface area contributed by atoms with Gasteiger partial charge in [-0.1, -0.05) is 23.7 Å². The van der Waals surface area contributed by atoms with Crippen LogP contribution in [0.3, 0.4) is 0 Å². The van der Waals surface area contributed by atoms with Crippen LogP contribution in [0.2, 0.25) is 5.02 Å². The van der Waals surface area contributed by atoms with E-state index in [1.807, 2.05) is 0 Å². The number of halogens is 1. The Morgan fingerprint density at radius 3 is 2.48 bits per heavy atom. The van der Waals surface area contributed by atoms with Crippen molar-refractivity contribution in [2.75, 3.05) is 6.54 Å². The number of esters is 1. The van der Waals surface area contributed by atoms with E-state index < -0.39 is 35.9 Å². The summed E-state index contributed by atoms with van der Waals surface area (Å²) >= 11 is 5.93. The number of nitrogens with two attached hydrogens (primary N) is 1. The van der Waals surface area contributed by atoms with E-state index in [1.54, 1.807) is 45.0 Å². The summed E-state index contributed by atoms with van der Waals surface area (Å²) in [5, 5.41) is 12.6. The summed E-state index contributed by atoms with van der Waals surface area (Å²) in [6, 6.07) is 5.45. The van der Waals surface area contributed by atoms with Crippen molar-refractivity contribution < 1.29 is 24.2 Å². The van der Waals surface area contributed by atoms with Gasteiger partial charge in [0.15, 0.2) is 6.04 Å². The number of alkyl carbamates (subject to hydrolysis) is 1. The van der Waals surface area contributed by atoms with Gasteiger partial charge >= 0.3 is 12.1 Å². The van der Waals surface area contributed by atoms with Crippen molar-refractivity contribution >= 4 is 23.7 Å². The quantitative estimate of drug-likeness (QED) is 0.660. The number of carbonyl (C=O) groups excluding carboxylic acids is 2. The first-order valence-electron chi connectivity index (χ1n) is 7.87. The number of ether oxygens (including phenoxy) is 2. The Labute approximate surface area is 152 Å². The van der Waals surface area contributed by atoms with Crippen LogP contribution in [-0.4, -0.2) is 41.5 Å². The Bertz CT molecular complexity index is 601. The van der Waals surface area contributed by atoms with E-state index in [9.17, 15) is 14.7 Å². The number of hydrogen-bond donors (Lipinski definition) is 3. The molecule has 0 radical (unpaired) electrons. The van der Waals surface area contributed by atoms with Crippen molar-refractivity contribution in [1.82, 2.24) is 5.32 Å². The Morgan fingerprint density at radius 1 is 1.36 bits per heavy atom. The van der Waals surface area contributed by atoms with Crippen LogP contribution < -0.4 is 11.1 Å². The number of aliphatic hydroxyl groups is 1. The van der Waals surface area contributed by atoms with E-state index in [1.165, 1.54) is 6.92 Å². The van der Waals surface area contributed by atoms with Crippen molar-refractivity contribution in [2.24, 2.45) is 5.73 Å². The van der Waals surface area contributed by atoms with Crippen LogP contribution in [-0.2, 0) is 14.3 Å². The number of rotatable bonds is 6. The Hall–Kier alpha value is -1.83. The van der Waals surface area contributed by atoms with E-state index in [4.69, 9.17) is 26.8 Å². The van der Waals surface area contributed by atoms with Gasteiger partial charge in [-0.15, -0.1) is 0 Å². The lowest BCUT2D eigenvalue weighted by molar-refractivity contribution is -0.154. The molecule has 4 N–H and O–H groups in total. The topological polar surface area (TPSA) is 111 Å². The van der Waals surface area contributed by atoms with Crippen molar-refractivity contribution in [3.8, 4) is 0 Å². The molecule has 0 spiro atoms. The molecule has 0 unspecified atom stereocenters. The van der Waals surface area contributed by atoms with Gasteiger partial charge in [-0.05, 0) is 45.4 Å². The molecule has 140 valence electrons. The molecule has 25 heavy (non-hydrogen) atoms. The monoisotopic (exact) mass is 372 g/mol. The van der Waals surface area contributed by atoms with Crippen LogP contribution in [0.5, 0.6) is 0 Å². The molecule has 3 atom stereocenters. The Morgan fingerprint density at radius 2 is 2.00 bits per heavy atom. The Kier molecular flexibility index (Phi) is 7.66. The fourth-order valence-electron chi connectivity index (χ4n) is 1.98. The van der Waals surface area contributed by atoms with Crippen molar-refractivity contribution in [2.45, 2.75) is 51.5 Å². The highest BCUT2D eigenvalue weighted by Gasteiger charge is 2.31. The van der Waals surface area contributed by atoms with Crippen LogP contribution >= 0.6 is 11.6 Å². The minimum absolute atomic E-state index is 0.0189. The van der Waals surface area contributed by atoms with Crippen LogP contribution in [0.25, 0.3) is 0 Å². The zero-order chi connectivity index (χ0) is 19.2. The number of nitrogens with one attached hydrogen (secondary N) is 1. The van der Waals surface area contributed by atoms with Gasteiger partial charge in [-0.25, -0.2) is 9.59 Å². The number of hydrogen-bond acceptors (Lipinski definition) is 6.